The van der Waals surface area contributed by atoms with E-state index in [1.165, 1.54) is 12.1 Å². The van der Waals surface area contributed by atoms with Crippen molar-refractivity contribution in [2.45, 2.75) is 33.0 Å². The van der Waals surface area contributed by atoms with Crippen LogP contribution in [0, 0.1) is 5.82 Å². The molecule has 0 aliphatic carbocycles. The Labute approximate surface area is 247 Å². The fourth-order valence-corrected chi connectivity index (χ4v) is 5.80. The third kappa shape index (κ3) is 5.54. The largest absolute Gasteiger partial charge is 0.493 e. The van der Waals surface area contributed by atoms with Crippen LogP contribution in [0.1, 0.15) is 36.2 Å². The number of carbonyl (C=O) groups excluding carboxylic acids is 1. The number of ether oxygens (including phenoxy) is 1. The number of amides is 1. The number of halogens is 1. The van der Waals surface area contributed by atoms with Crippen LogP contribution in [0.25, 0.3) is 33.3 Å². The van der Waals surface area contributed by atoms with Gasteiger partial charge in [-0.2, -0.15) is 0 Å². The van der Waals surface area contributed by atoms with Crippen molar-refractivity contribution in [1.29, 1.82) is 0 Å². The van der Waals surface area contributed by atoms with Gasteiger partial charge in [0.05, 0.1) is 59.1 Å². The first-order valence-electron chi connectivity index (χ1n) is 14.6. The summed E-state index contributed by atoms with van der Waals surface area (Å²) in [5.74, 6) is 0.518. The molecule has 1 aliphatic heterocycles. The van der Waals surface area contributed by atoms with Gasteiger partial charge in [0.15, 0.2) is 0 Å². The summed E-state index contributed by atoms with van der Waals surface area (Å²) in [6.07, 6.45) is 2.22. The van der Waals surface area contributed by atoms with E-state index in [9.17, 15) is 14.0 Å². The van der Waals surface area contributed by atoms with Crippen LogP contribution in [-0.2, 0) is 6.54 Å². The summed E-state index contributed by atoms with van der Waals surface area (Å²) in [5, 5.41) is 3.63. The van der Waals surface area contributed by atoms with Crippen molar-refractivity contribution in [3.8, 4) is 17.1 Å². The van der Waals surface area contributed by atoms with Crippen molar-refractivity contribution in [2.75, 3.05) is 32.8 Å². The average molecular weight is 585 g/mol. The second kappa shape index (κ2) is 11.7. The van der Waals surface area contributed by atoms with Gasteiger partial charge >= 0.3 is 5.91 Å². The van der Waals surface area contributed by atoms with Crippen LogP contribution >= 0.6 is 0 Å². The Bertz CT molecular complexity index is 1870. The van der Waals surface area contributed by atoms with Gasteiger partial charge < -0.3 is 20.0 Å². The van der Waals surface area contributed by atoms with E-state index in [0.29, 0.717) is 78.5 Å². The molecule has 10 nitrogen and oxygen atoms in total. The van der Waals surface area contributed by atoms with Gasteiger partial charge in [0.1, 0.15) is 30.1 Å². The SMILES string of the molecule is CCCOc1ccc(C(=O)[N+]2(CC)CCNC(N)C2)cc1-c1nc2cc3ncn(Cc4ccc(F)cc4)c3cc2c(=O)[nH]1. The van der Waals surface area contributed by atoms with Crippen LogP contribution in [0.3, 0.4) is 0 Å². The lowest BCUT2D eigenvalue weighted by molar-refractivity contribution is -0.852. The number of benzene rings is 3. The van der Waals surface area contributed by atoms with Crippen LogP contribution in [-0.4, -0.2) is 68.9 Å². The lowest BCUT2D eigenvalue weighted by Crippen LogP contribution is -2.67. The van der Waals surface area contributed by atoms with E-state index in [1.807, 2.05) is 18.4 Å². The topological polar surface area (TPSA) is 128 Å². The molecule has 43 heavy (non-hydrogen) atoms. The van der Waals surface area contributed by atoms with Gasteiger partial charge in [-0.05, 0) is 61.4 Å². The van der Waals surface area contributed by atoms with Crippen molar-refractivity contribution < 1.29 is 18.4 Å². The molecule has 222 valence electrons. The van der Waals surface area contributed by atoms with Gasteiger partial charge in [0.25, 0.3) is 5.56 Å². The average Bonchev–Trinajstić information content (AvgIpc) is 3.40. The van der Waals surface area contributed by atoms with Crippen molar-refractivity contribution in [2.24, 2.45) is 5.73 Å². The van der Waals surface area contributed by atoms with Gasteiger partial charge in [-0.1, -0.05) is 19.1 Å². The van der Waals surface area contributed by atoms with E-state index in [2.05, 4.69) is 15.3 Å². The minimum atomic E-state index is -0.320. The molecule has 4 N–H and O–H groups in total. The number of nitrogens with one attached hydrogen (secondary N) is 2. The maximum Gasteiger partial charge on any atom is 0.346 e. The number of hydrogen-bond donors (Lipinski definition) is 3. The zero-order valence-corrected chi connectivity index (χ0v) is 24.3. The Balaban J connectivity index is 1.41. The highest BCUT2D eigenvalue weighted by atomic mass is 19.1. The van der Waals surface area contributed by atoms with E-state index in [0.717, 1.165) is 17.5 Å². The van der Waals surface area contributed by atoms with Crippen molar-refractivity contribution >= 4 is 27.8 Å². The van der Waals surface area contributed by atoms with Crippen molar-refractivity contribution in [3.05, 3.63) is 88.2 Å². The smallest absolute Gasteiger partial charge is 0.346 e. The van der Waals surface area contributed by atoms with Crippen LogP contribution in [0.5, 0.6) is 5.75 Å². The molecule has 0 saturated carbocycles. The highest BCUT2D eigenvalue weighted by Crippen LogP contribution is 2.31. The summed E-state index contributed by atoms with van der Waals surface area (Å²) in [7, 11) is 0. The number of nitrogens with zero attached hydrogens (tertiary/aromatic N) is 4. The zero-order valence-electron chi connectivity index (χ0n) is 24.3. The fraction of sp³-hybridized carbons (Fsp3) is 0.312. The summed E-state index contributed by atoms with van der Waals surface area (Å²) >= 11 is 0. The molecule has 11 heteroatoms. The molecule has 0 bridgehead atoms. The molecule has 1 saturated heterocycles. The van der Waals surface area contributed by atoms with E-state index in [1.54, 1.807) is 48.8 Å². The molecule has 0 radical (unpaired) electrons. The predicted octanol–water partition coefficient (Wildman–Crippen LogP) is 3.78. The number of aromatic amines is 1. The minimum Gasteiger partial charge on any atom is -0.493 e. The third-order valence-electron chi connectivity index (χ3n) is 8.19. The first-order chi connectivity index (χ1) is 20.8. The molecule has 2 aromatic heterocycles. The summed E-state index contributed by atoms with van der Waals surface area (Å²) in [6.45, 7) is 7.36. The number of rotatable bonds is 8. The molecule has 1 aliphatic rings. The van der Waals surface area contributed by atoms with E-state index in [4.69, 9.17) is 15.5 Å². The Morgan fingerprint density at radius 2 is 1.95 bits per heavy atom. The maximum absolute atomic E-state index is 13.9. The van der Waals surface area contributed by atoms with Crippen LogP contribution in [0.4, 0.5) is 4.39 Å². The molecule has 3 aromatic carbocycles. The summed E-state index contributed by atoms with van der Waals surface area (Å²) in [6, 6.07) is 15.2. The standard InChI is InChI=1S/C32H34FN7O3/c1-3-13-43-28-10-7-21(32(42)40(4-2)12-11-35-29(34)18-40)14-24(28)30-37-25-16-26-27(15-23(25)31(41)38-30)39(19-36-26)17-20-5-8-22(33)9-6-20/h5-10,14-16,19,29,35H,3-4,11-13,17-18,34H2,1-2H3/p+1. The van der Waals surface area contributed by atoms with Gasteiger partial charge in [0, 0.05) is 13.1 Å². The molecule has 2 unspecified atom stereocenters. The monoisotopic (exact) mass is 584 g/mol. The molecule has 5 aromatic rings. The maximum atomic E-state index is 13.9. The molecule has 3 heterocycles. The fourth-order valence-electron chi connectivity index (χ4n) is 5.80. The molecule has 1 amide bonds. The molecular weight excluding hydrogens is 549 g/mol. The number of likely N-dealkylation sites (N-methyl/N-ethyl adjacent to an activating group) is 1. The van der Waals surface area contributed by atoms with Gasteiger partial charge in [-0.15, -0.1) is 0 Å². The molecular formula is C32H35FN7O3+. The number of H-pyrrole nitrogens is 1. The number of aromatic nitrogens is 4. The van der Waals surface area contributed by atoms with Gasteiger partial charge in [-0.25, -0.2) is 19.2 Å². The molecule has 1 fully saturated rings. The summed E-state index contributed by atoms with van der Waals surface area (Å²) < 4.78 is 21.6. The number of fused-ring (bicyclic) bond motifs is 2. The lowest BCUT2D eigenvalue weighted by Gasteiger charge is -2.40. The second-order valence-corrected chi connectivity index (χ2v) is 11.1. The Kier molecular flexibility index (Phi) is 7.78. The number of quaternary nitrogens is 1. The van der Waals surface area contributed by atoms with Crippen LogP contribution in [0.2, 0.25) is 0 Å². The number of carbonyl (C=O) groups is 1. The first kappa shape index (κ1) is 28.7. The lowest BCUT2D eigenvalue weighted by atomic mass is 10.0. The first-order valence-corrected chi connectivity index (χ1v) is 14.6. The van der Waals surface area contributed by atoms with E-state index >= 15 is 0 Å². The summed E-state index contributed by atoms with van der Waals surface area (Å²) in [4.78, 5) is 39.7. The molecule has 6 rings (SSSR count). The number of imidazole rings is 1. The van der Waals surface area contributed by atoms with E-state index < -0.39 is 0 Å². The Morgan fingerprint density at radius 1 is 1.14 bits per heavy atom. The number of nitrogens with two attached hydrogens (primary N) is 1. The quantitative estimate of drug-likeness (QED) is 0.237. The predicted molar refractivity (Wildman–Crippen MR) is 163 cm³/mol. The van der Waals surface area contributed by atoms with Crippen molar-refractivity contribution in [1.82, 2.24) is 24.8 Å². The number of piperazine rings is 1. The third-order valence-corrected chi connectivity index (χ3v) is 8.19. The minimum absolute atomic E-state index is 0.0284. The Hall–Kier alpha value is -4.45. The van der Waals surface area contributed by atoms with Gasteiger partial charge in [0.2, 0.25) is 0 Å². The van der Waals surface area contributed by atoms with Crippen molar-refractivity contribution in [3.63, 3.8) is 0 Å². The normalized spacial score (nSPS) is 18.7. The van der Waals surface area contributed by atoms with Crippen LogP contribution in [0.15, 0.2) is 65.7 Å². The zero-order chi connectivity index (χ0) is 30.1. The molecule has 2 atom stereocenters. The highest BCUT2D eigenvalue weighted by Gasteiger charge is 2.40. The van der Waals surface area contributed by atoms with Crippen LogP contribution < -0.4 is 21.3 Å². The highest BCUT2D eigenvalue weighted by molar-refractivity contribution is 5.94. The summed E-state index contributed by atoms with van der Waals surface area (Å²) in [5.41, 5.74) is 9.73. The molecule has 0 spiro atoms. The number of hydrogen-bond acceptors (Lipinski definition) is 7. The second-order valence-electron chi connectivity index (χ2n) is 11.1. The van der Waals surface area contributed by atoms with Gasteiger partial charge in [-0.3, -0.25) is 14.6 Å². The van der Waals surface area contributed by atoms with E-state index in [-0.39, 0.29) is 27.9 Å². The Morgan fingerprint density at radius 3 is 2.70 bits per heavy atom.